The van der Waals surface area contributed by atoms with Gasteiger partial charge in [0.05, 0.1) is 11.9 Å². The second-order valence-electron chi connectivity index (χ2n) is 7.63. The molecule has 2 aliphatic carbocycles. The lowest BCUT2D eigenvalue weighted by atomic mass is 10.0. The Bertz CT molecular complexity index is 732. The fourth-order valence-corrected chi connectivity index (χ4v) is 3.20. The minimum absolute atomic E-state index is 0. The van der Waals surface area contributed by atoms with Crippen molar-refractivity contribution >= 4 is 11.8 Å². The zero-order chi connectivity index (χ0) is 19.1. The van der Waals surface area contributed by atoms with Crippen molar-refractivity contribution in [1.82, 2.24) is 19.9 Å². The van der Waals surface area contributed by atoms with E-state index in [0.717, 1.165) is 24.6 Å². The molecule has 3 N–H and O–H groups in total. The summed E-state index contributed by atoms with van der Waals surface area (Å²) in [5, 5.41) is 3.20. The Kier molecular flexibility index (Phi) is 6.90. The molecule has 0 atom stereocenters. The summed E-state index contributed by atoms with van der Waals surface area (Å²) in [5.41, 5.74) is 5.94. The van der Waals surface area contributed by atoms with Gasteiger partial charge in [-0.1, -0.05) is 45.4 Å². The van der Waals surface area contributed by atoms with Gasteiger partial charge in [0.1, 0.15) is 17.8 Å². The summed E-state index contributed by atoms with van der Waals surface area (Å²) in [5.74, 6) is 1.87. The molecule has 2 heterocycles. The quantitative estimate of drug-likeness (QED) is 0.754. The molecule has 2 aromatic heterocycles. The standard InChI is InChI=1S/C12H13FN6.C8H16.H2/c13-8-5-16-12(14)19-11(8)9-3-10(18-6-17-9)15-4-7-1-2-7;1-8-6-4-2-3-5-7-8;/h3,5-7H,1-2,4H2,(H2,14,16,19)(H,15,17,18);8H,2-7H2,1H3;1H. The molecule has 0 bridgehead atoms. The van der Waals surface area contributed by atoms with E-state index in [2.05, 4.69) is 32.2 Å². The fourth-order valence-electron chi connectivity index (χ4n) is 3.20. The van der Waals surface area contributed by atoms with E-state index in [1.807, 2.05) is 0 Å². The highest BCUT2D eigenvalue weighted by Gasteiger charge is 2.21. The molecule has 0 aromatic carbocycles. The minimum Gasteiger partial charge on any atom is -0.370 e. The van der Waals surface area contributed by atoms with Crippen LogP contribution in [0.1, 0.15) is 59.7 Å². The van der Waals surface area contributed by atoms with E-state index in [1.165, 1.54) is 57.7 Å². The number of rotatable bonds is 4. The van der Waals surface area contributed by atoms with Crippen LogP contribution in [0.3, 0.4) is 0 Å². The first kappa shape index (κ1) is 19.5. The molecule has 0 unspecified atom stereocenters. The Morgan fingerprint density at radius 1 is 1.11 bits per heavy atom. The largest absolute Gasteiger partial charge is 0.370 e. The molecule has 0 amide bonds. The summed E-state index contributed by atoms with van der Waals surface area (Å²) in [6.45, 7) is 3.26. The van der Waals surface area contributed by atoms with Gasteiger partial charge in [-0.3, -0.25) is 0 Å². The summed E-state index contributed by atoms with van der Waals surface area (Å²) in [6.07, 6.45) is 13.8. The summed E-state index contributed by atoms with van der Waals surface area (Å²) < 4.78 is 13.6. The van der Waals surface area contributed by atoms with Crippen LogP contribution in [-0.2, 0) is 0 Å². The average molecular weight is 375 g/mol. The monoisotopic (exact) mass is 374 g/mol. The molecule has 0 saturated heterocycles. The lowest BCUT2D eigenvalue weighted by Gasteiger charge is -2.06. The van der Waals surface area contributed by atoms with Gasteiger partial charge in [-0.25, -0.2) is 24.3 Å². The highest BCUT2D eigenvalue weighted by molar-refractivity contribution is 5.59. The van der Waals surface area contributed by atoms with Crippen molar-refractivity contribution in [2.75, 3.05) is 17.6 Å². The van der Waals surface area contributed by atoms with E-state index in [-0.39, 0.29) is 13.1 Å². The van der Waals surface area contributed by atoms with Crippen molar-refractivity contribution in [2.24, 2.45) is 11.8 Å². The van der Waals surface area contributed by atoms with Gasteiger partial charge in [-0.2, -0.15) is 0 Å². The molecule has 2 aromatic rings. The summed E-state index contributed by atoms with van der Waals surface area (Å²) in [4.78, 5) is 15.6. The van der Waals surface area contributed by atoms with Gasteiger partial charge in [0, 0.05) is 14.0 Å². The van der Waals surface area contributed by atoms with Gasteiger partial charge in [0.25, 0.3) is 0 Å². The third-order valence-corrected chi connectivity index (χ3v) is 5.09. The maximum Gasteiger partial charge on any atom is 0.220 e. The van der Waals surface area contributed by atoms with Gasteiger partial charge < -0.3 is 11.1 Å². The number of anilines is 2. The normalized spacial score (nSPS) is 17.6. The Morgan fingerprint density at radius 2 is 1.85 bits per heavy atom. The van der Waals surface area contributed by atoms with E-state index in [4.69, 9.17) is 5.73 Å². The van der Waals surface area contributed by atoms with Crippen molar-refractivity contribution in [3.8, 4) is 11.4 Å². The molecular formula is C20H31FN6. The summed E-state index contributed by atoms with van der Waals surface area (Å²) >= 11 is 0. The predicted octanol–water partition coefficient (Wildman–Crippen LogP) is 4.70. The van der Waals surface area contributed by atoms with Gasteiger partial charge in [0.15, 0.2) is 5.82 Å². The van der Waals surface area contributed by atoms with Crippen molar-refractivity contribution in [1.29, 1.82) is 0 Å². The van der Waals surface area contributed by atoms with Crippen molar-refractivity contribution < 1.29 is 5.82 Å². The van der Waals surface area contributed by atoms with Gasteiger partial charge in [-0.05, 0) is 24.7 Å². The summed E-state index contributed by atoms with van der Waals surface area (Å²) in [6, 6.07) is 1.66. The lowest BCUT2D eigenvalue weighted by molar-refractivity contribution is 0.505. The van der Waals surface area contributed by atoms with Gasteiger partial charge >= 0.3 is 0 Å². The molecule has 148 valence electrons. The van der Waals surface area contributed by atoms with E-state index in [9.17, 15) is 4.39 Å². The second-order valence-corrected chi connectivity index (χ2v) is 7.63. The molecule has 6 nitrogen and oxygen atoms in total. The molecule has 0 aliphatic heterocycles. The number of halogens is 1. The molecule has 2 aliphatic rings. The lowest BCUT2D eigenvalue weighted by Crippen LogP contribution is -2.06. The SMILES string of the molecule is CC1CCCCCC1.Nc1ncc(F)c(-c2cc(NCC3CC3)ncn2)n1.[HH]. The van der Waals surface area contributed by atoms with Crippen LogP contribution in [0, 0.1) is 17.7 Å². The van der Waals surface area contributed by atoms with Crippen molar-refractivity contribution in [2.45, 2.75) is 58.3 Å². The zero-order valence-electron chi connectivity index (χ0n) is 16.0. The number of aromatic nitrogens is 4. The highest BCUT2D eigenvalue weighted by atomic mass is 19.1. The van der Waals surface area contributed by atoms with Crippen LogP contribution in [-0.4, -0.2) is 26.5 Å². The van der Waals surface area contributed by atoms with E-state index >= 15 is 0 Å². The summed E-state index contributed by atoms with van der Waals surface area (Å²) in [7, 11) is 0. The molecule has 2 fully saturated rings. The minimum atomic E-state index is -0.555. The number of hydrogen-bond acceptors (Lipinski definition) is 6. The number of hydrogen-bond donors (Lipinski definition) is 2. The van der Waals surface area contributed by atoms with Crippen LogP contribution in [0.15, 0.2) is 18.6 Å². The second kappa shape index (κ2) is 9.58. The first-order chi connectivity index (χ1) is 13.1. The zero-order valence-corrected chi connectivity index (χ0v) is 16.0. The van der Waals surface area contributed by atoms with Crippen LogP contribution in [0.2, 0.25) is 0 Å². The molecule has 0 radical (unpaired) electrons. The van der Waals surface area contributed by atoms with Crippen LogP contribution < -0.4 is 11.1 Å². The molecule has 27 heavy (non-hydrogen) atoms. The van der Waals surface area contributed by atoms with Gasteiger partial charge in [-0.15, -0.1) is 0 Å². The third-order valence-electron chi connectivity index (χ3n) is 5.09. The molecule has 2 saturated carbocycles. The Hall–Kier alpha value is -2.31. The molecular weight excluding hydrogens is 343 g/mol. The van der Waals surface area contributed by atoms with E-state index in [1.54, 1.807) is 6.07 Å². The van der Waals surface area contributed by atoms with Crippen molar-refractivity contribution in [3.05, 3.63) is 24.4 Å². The third kappa shape index (κ3) is 6.41. The molecule has 4 rings (SSSR count). The first-order valence-corrected chi connectivity index (χ1v) is 9.96. The Morgan fingerprint density at radius 3 is 2.56 bits per heavy atom. The predicted molar refractivity (Wildman–Crippen MR) is 108 cm³/mol. The molecule has 0 spiro atoms. The van der Waals surface area contributed by atoms with Gasteiger partial charge in [0.2, 0.25) is 5.95 Å². The number of nitrogens with one attached hydrogen (secondary N) is 1. The van der Waals surface area contributed by atoms with Crippen LogP contribution >= 0.6 is 0 Å². The maximum atomic E-state index is 13.6. The number of nitrogens with two attached hydrogens (primary N) is 1. The highest BCUT2D eigenvalue weighted by Crippen LogP contribution is 2.29. The van der Waals surface area contributed by atoms with Crippen LogP contribution in [0.5, 0.6) is 0 Å². The smallest absolute Gasteiger partial charge is 0.220 e. The van der Waals surface area contributed by atoms with Crippen molar-refractivity contribution in [3.63, 3.8) is 0 Å². The Balaban J connectivity index is 0.000000264. The van der Waals surface area contributed by atoms with E-state index in [0.29, 0.717) is 11.5 Å². The van der Waals surface area contributed by atoms with Crippen LogP contribution in [0.25, 0.3) is 11.4 Å². The number of nitrogens with zero attached hydrogens (tertiary/aromatic N) is 4. The fraction of sp³-hybridized carbons (Fsp3) is 0.600. The molecule has 7 heteroatoms. The maximum absolute atomic E-state index is 13.6. The van der Waals surface area contributed by atoms with Crippen LogP contribution in [0.4, 0.5) is 16.2 Å². The average Bonchev–Trinajstić information content (AvgIpc) is 3.51. The Labute approximate surface area is 161 Å². The topological polar surface area (TPSA) is 89.6 Å². The number of nitrogen functional groups attached to an aromatic ring is 1. The van der Waals surface area contributed by atoms with E-state index < -0.39 is 5.82 Å². The first-order valence-electron chi connectivity index (χ1n) is 9.96.